The summed E-state index contributed by atoms with van der Waals surface area (Å²) >= 11 is 17.6. The molecule has 1 N–H and O–H groups in total. The molecule has 148 valence electrons. The number of hydrogen-bond acceptors (Lipinski definition) is 6. The lowest BCUT2D eigenvalue weighted by Gasteiger charge is -2.20. The quantitative estimate of drug-likeness (QED) is 0.672. The lowest BCUT2D eigenvalue weighted by atomic mass is 10.2. The van der Waals surface area contributed by atoms with Crippen molar-refractivity contribution in [2.45, 2.75) is 26.1 Å². The minimum atomic E-state index is -3.03. The summed E-state index contributed by atoms with van der Waals surface area (Å²) in [5, 5.41) is 8.02. The van der Waals surface area contributed by atoms with Crippen LogP contribution in [0.3, 0.4) is 0 Å². The van der Waals surface area contributed by atoms with E-state index in [0.717, 1.165) is 0 Å². The maximum Gasteiger partial charge on any atom is 0.234 e. The van der Waals surface area contributed by atoms with Crippen LogP contribution in [0.2, 0.25) is 10.0 Å². The predicted molar refractivity (Wildman–Crippen MR) is 106 cm³/mol. The molecule has 0 aromatic carbocycles. The van der Waals surface area contributed by atoms with Crippen molar-refractivity contribution in [1.82, 2.24) is 24.4 Å². The first-order valence-electron chi connectivity index (χ1n) is 8.35. The molecule has 1 fully saturated rings. The van der Waals surface area contributed by atoms with E-state index in [4.69, 9.17) is 35.4 Å². The molecular weight excluding hydrogens is 433 g/mol. The molecule has 1 saturated heterocycles. The van der Waals surface area contributed by atoms with Gasteiger partial charge in [-0.05, 0) is 31.2 Å². The van der Waals surface area contributed by atoms with E-state index in [9.17, 15) is 13.2 Å². The topological polar surface area (TPSA) is 88.7 Å². The van der Waals surface area contributed by atoms with Crippen molar-refractivity contribution in [3.8, 4) is 0 Å². The Kier molecular flexibility index (Phi) is 6.11. The van der Waals surface area contributed by atoms with Gasteiger partial charge in [0.15, 0.2) is 15.5 Å². The van der Waals surface area contributed by atoms with Crippen molar-refractivity contribution in [3.05, 3.63) is 27.1 Å². The number of carbonyl (C=O) groups excluding carboxylic acids is 1. The van der Waals surface area contributed by atoms with Crippen LogP contribution >= 0.6 is 35.4 Å². The van der Waals surface area contributed by atoms with E-state index in [1.165, 1.54) is 0 Å². The molecular formula is C15H19Cl2N5O3S2. The Hall–Kier alpha value is -1.20. The summed E-state index contributed by atoms with van der Waals surface area (Å²) < 4.78 is 26.6. The third kappa shape index (κ3) is 4.80. The van der Waals surface area contributed by atoms with Gasteiger partial charge < -0.3 is 5.32 Å². The van der Waals surface area contributed by atoms with Gasteiger partial charge in [-0.3, -0.25) is 14.1 Å². The van der Waals surface area contributed by atoms with Gasteiger partial charge in [0.25, 0.3) is 0 Å². The molecule has 1 aliphatic heterocycles. The third-order valence-electron chi connectivity index (χ3n) is 4.35. The van der Waals surface area contributed by atoms with E-state index in [2.05, 4.69) is 10.4 Å². The number of halogens is 2. The highest BCUT2D eigenvalue weighted by Crippen LogP contribution is 2.21. The minimum absolute atomic E-state index is 0.00160. The second-order valence-corrected chi connectivity index (χ2v) is 9.87. The highest BCUT2D eigenvalue weighted by atomic mass is 35.5. The van der Waals surface area contributed by atoms with Gasteiger partial charge in [0.1, 0.15) is 0 Å². The van der Waals surface area contributed by atoms with E-state index in [0.29, 0.717) is 40.1 Å². The Labute approximate surface area is 172 Å². The predicted octanol–water partition coefficient (Wildman–Crippen LogP) is 1.75. The molecule has 0 bridgehead atoms. The summed E-state index contributed by atoms with van der Waals surface area (Å²) in [6.45, 7) is 2.90. The number of hydrogen-bond donors (Lipinski definition) is 1. The van der Waals surface area contributed by atoms with Gasteiger partial charge in [0.2, 0.25) is 10.7 Å². The van der Waals surface area contributed by atoms with E-state index in [1.54, 1.807) is 21.3 Å². The molecule has 0 saturated carbocycles. The van der Waals surface area contributed by atoms with Crippen molar-refractivity contribution >= 4 is 56.8 Å². The first kappa shape index (κ1) is 20.5. The van der Waals surface area contributed by atoms with Crippen LogP contribution in [-0.4, -0.2) is 64.0 Å². The fourth-order valence-electron chi connectivity index (χ4n) is 2.97. The molecule has 8 nitrogen and oxygen atoms in total. The minimum Gasteiger partial charge on any atom is -0.351 e. The second kappa shape index (κ2) is 8.04. The highest BCUT2D eigenvalue weighted by molar-refractivity contribution is 7.91. The number of amides is 1. The maximum atomic E-state index is 12.3. The summed E-state index contributed by atoms with van der Waals surface area (Å²) in [6.07, 6.45) is 2.09. The number of sulfone groups is 1. The molecule has 1 atom stereocenters. The molecule has 2 aromatic heterocycles. The summed E-state index contributed by atoms with van der Waals surface area (Å²) in [5.41, 5.74) is 0.489. The summed E-state index contributed by atoms with van der Waals surface area (Å²) in [7, 11) is -3.03. The molecule has 0 aliphatic carbocycles. The SMILES string of the molecule is CCN(CC(=O)N[C@@H]1CCS(=O)(=O)C1)Cn1nc2c(Cl)cc(Cl)cn2c1=S. The standard InChI is InChI=1S/C15H19Cl2N5O3S2/c1-2-20(7-13(23)18-11-3-4-27(24,25)8-11)9-22-15(26)21-6-10(16)5-12(17)14(21)19-22/h5-6,11H,2-4,7-9H2,1H3,(H,18,23)/t11-/m1/s1. The molecule has 3 heterocycles. The Balaban J connectivity index is 1.69. The Morgan fingerprint density at radius 1 is 1.48 bits per heavy atom. The molecule has 0 radical (unpaired) electrons. The number of pyridine rings is 1. The van der Waals surface area contributed by atoms with Crippen LogP contribution in [0.5, 0.6) is 0 Å². The van der Waals surface area contributed by atoms with Gasteiger partial charge in [-0.2, -0.15) is 0 Å². The van der Waals surface area contributed by atoms with Crippen molar-refractivity contribution in [1.29, 1.82) is 0 Å². The van der Waals surface area contributed by atoms with Gasteiger partial charge in [-0.1, -0.05) is 30.1 Å². The van der Waals surface area contributed by atoms with Gasteiger partial charge in [-0.25, -0.2) is 13.1 Å². The first-order valence-corrected chi connectivity index (χ1v) is 11.3. The number of likely N-dealkylation sites (N-methyl/N-ethyl adjacent to an activating group) is 1. The molecule has 2 aromatic rings. The number of carbonyl (C=O) groups is 1. The molecule has 3 rings (SSSR count). The first-order chi connectivity index (χ1) is 12.7. The molecule has 27 heavy (non-hydrogen) atoms. The summed E-state index contributed by atoms with van der Waals surface area (Å²) in [4.78, 5) is 14.1. The maximum absolute atomic E-state index is 12.3. The zero-order valence-corrected chi connectivity index (χ0v) is 17.7. The zero-order valence-electron chi connectivity index (χ0n) is 14.6. The number of rotatable bonds is 6. The van der Waals surface area contributed by atoms with E-state index >= 15 is 0 Å². The van der Waals surface area contributed by atoms with E-state index in [-0.39, 0.29) is 30.0 Å². The van der Waals surface area contributed by atoms with Crippen molar-refractivity contribution in [2.75, 3.05) is 24.6 Å². The van der Waals surface area contributed by atoms with Gasteiger partial charge in [0, 0.05) is 12.2 Å². The Morgan fingerprint density at radius 3 is 2.85 bits per heavy atom. The molecule has 0 spiro atoms. The van der Waals surface area contributed by atoms with Gasteiger partial charge in [0.05, 0.1) is 34.8 Å². The fraction of sp³-hybridized carbons (Fsp3) is 0.533. The molecule has 12 heteroatoms. The Bertz CT molecular complexity index is 1030. The third-order valence-corrected chi connectivity index (χ3v) is 7.01. The molecule has 0 unspecified atom stereocenters. The van der Waals surface area contributed by atoms with Crippen LogP contribution in [0.1, 0.15) is 13.3 Å². The lowest BCUT2D eigenvalue weighted by Crippen LogP contribution is -2.43. The van der Waals surface area contributed by atoms with Crippen molar-refractivity contribution in [2.24, 2.45) is 0 Å². The van der Waals surface area contributed by atoms with Crippen LogP contribution < -0.4 is 5.32 Å². The van der Waals surface area contributed by atoms with Crippen LogP contribution in [0.15, 0.2) is 12.3 Å². The van der Waals surface area contributed by atoms with Gasteiger partial charge in [-0.15, -0.1) is 5.10 Å². The number of aromatic nitrogens is 3. The normalized spacial score (nSPS) is 19.0. The van der Waals surface area contributed by atoms with E-state index < -0.39 is 9.84 Å². The number of nitrogens with zero attached hydrogens (tertiary/aromatic N) is 4. The lowest BCUT2D eigenvalue weighted by molar-refractivity contribution is -0.123. The van der Waals surface area contributed by atoms with Gasteiger partial charge >= 0.3 is 0 Å². The Morgan fingerprint density at radius 2 is 2.22 bits per heavy atom. The van der Waals surface area contributed by atoms with Crippen LogP contribution in [0.4, 0.5) is 0 Å². The fourth-order valence-corrected chi connectivity index (χ4v) is 5.39. The zero-order chi connectivity index (χ0) is 19.8. The second-order valence-electron chi connectivity index (χ2n) is 6.44. The smallest absolute Gasteiger partial charge is 0.234 e. The van der Waals surface area contributed by atoms with Crippen molar-refractivity contribution < 1.29 is 13.2 Å². The van der Waals surface area contributed by atoms with Crippen LogP contribution in [0.25, 0.3) is 5.65 Å². The highest BCUT2D eigenvalue weighted by Gasteiger charge is 2.29. The van der Waals surface area contributed by atoms with Crippen molar-refractivity contribution in [3.63, 3.8) is 0 Å². The number of nitrogens with one attached hydrogen (secondary N) is 1. The van der Waals surface area contributed by atoms with E-state index in [1.807, 2.05) is 11.8 Å². The average Bonchev–Trinajstić information content (AvgIpc) is 3.07. The summed E-state index contributed by atoms with van der Waals surface area (Å²) in [5.74, 6) is -0.105. The molecule has 1 aliphatic rings. The summed E-state index contributed by atoms with van der Waals surface area (Å²) in [6, 6.07) is 1.27. The van der Waals surface area contributed by atoms with Crippen LogP contribution in [0, 0.1) is 4.77 Å². The largest absolute Gasteiger partial charge is 0.351 e. The van der Waals surface area contributed by atoms with Crippen LogP contribution in [-0.2, 0) is 21.3 Å². The number of fused-ring (bicyclic) bond motifs is 1. The monoisotopic (exact) mass is 451 g/mol. The average molecular weight is 452 g/mol. The molecule has 1 amide bonds.